The van der Waals surface area contributed by atoms with Crippen molar-refractivity contribution in [3.05, 3.63) is 29.6 Å². The molecular formula is C16H26FN3O2. The molecule has 0 aliphatic heterocycles. The van der Waals surface area contributed by atoms with E-state index < -0.39 is 11.7 Å². The van der Waals surface area contributed by atoms with Crippen molar-refractivity contribution in [3.63, 3.8) is 0 Å². The normalized spacial score (nSPS) is 12.7. The average Bonchev–Trinajstić information content (AvgIpc) is 2.35. The Balaban J connectivity index is 2.82. The third-order valence-electron chi connectivity index (χ3n) is 3.00. The molecule has 6 heteroatoms. The number of alkyl carbamates (subject to hydrolysis) is 1. The lowest BCUT2D eigenvalue weighted by Gasteiger charge is -2.24. The van der Waals surface area contributed by atoms with Gasteiger partial charge in [-0.25, -0.2) is 9.18 Å². The number of hydrogen-bond donors (Lipinski definition) is 2. The van der Waals surface area contributed by atoms with E-state index in [1.807, 2.05) is 19.0 Å². The Morgan fingerprint density at radius 1 is 1.41 bits per heavy atom. The summed E-state index contributed by atoms with van der Waals surface area (Å²) in [7, 11) is 3.77. The average molecular weight is 311 g/mol. The fraction of sp³-hybridized carbons (Fsp3) is 0.562. The lowest BCUT2D eigenvalue weighted by Crippen LogP contribution is -2.44. The molecule has 1 unspecified atom stereocenters. The van der Waals surface area contributed by atoms with Gasteiger partial charge >= 0.3 is 6.09 Å². The van der Waals surface area contributed by atoms with E-state index in [4.69, 9.17) is 10.5 Å². The van der Waals surface area contributed by atoms with Crippen LogP contribution < -0.4 is 16.0 Å². The van der Waals surface area contributed by atoms with Gasteiger partial charge in [-0.3, -0.25) is 0 Å². The third kappa shape index (κ3) is 5.89. The van der Waals surface area contributed by atoms with E-state index in [2.05, 4.69) is 5.32 Å². The Labute approximate surface area is 131 Å². The molecule has 1 aromatic carbocycles. The van der Waals surface area contributed by atoms with Crippen LogP contribution in [0.5, 0.6) is 0 Å². The zero-order valence-electron chi connectivity index (χ0n) is 13.9. The van der Waals surface area contributed by atoms with Crippen LogP contribution in [0.1, 0.15) is 26.3 Å². The third-order valence-corrected chi connectivity index (χ3v) is 3.00. The van der Waals surface area contributed by atoms with E-state index in [1.54, 1.807) is 26.8 Å². The summed E-state index contributed by atoms with van der Waals surface area (Å²) in [5.74, 6) is -0.311. The molecule has 0 bridgehead atoms. The zero-order valence-corrected chi connectivity index (χ0v) is 13.9. The van der Waals surface area contributed by atoms with Crippen molar-refractivity contribution in [2.24, 2.45) is 5.73 Å². The van der Waals surface area contributed by atoms with Crippen molar-refractivity contribution in [1.29, 1.82) is 0 Å². The standard InChI is InChI=1S/C16H26FN3O2/c1-16(2,3)22-15(21)19-13(10-18)9-11-8-12(17)6-7-14(11)20(4)5/h6-8,13H,9-10,18H2,1-5H3,(H,19,21). The maximum atomic E-state index is 13.5. The quantitative estimate of drug-likeness (QED) is 0.875. The van der Waals surface area contributed by atoms with Crippen LogP contribution in [0.15, 0.2) is 18.2 Å². The van der Waals surface area contributed by atoms with Gasteiger partial charge in [0.15, 0.2) is 0 Å². The van der Waals surface area contributed by atoms with Crippen molar-refractivity contribution in [2.75, 3.05) is 25.5 Å². The Morgan fingerprint density at radius 2 is 2.05 bits per heavy atom. The summed E-state index contributed by atoms with van der Waals surface area (Å²) in [4.78, 5) is 13.7. The summed E-state index contributed by atoms with van der Waals surface area (Å²) in [5, 5.41) is 2.73. The molecule has 0 saturated heterocycles. The van der Waals surface area contributed by atoms with Crippen LogP contribution >= 0.6 is 0 Å². The van der Waals surface area contributed by atoms with Gasteiger partial charge in [0, 0.05) is 32.4 Å². The van der Waals surface area contributed by atoms with Crippen LogP contribution in [-0.4, -0.2) is 38.4 Å². The van der Waals surface area contributed by atoms with Crippen LogP contribution in [0.3, 0.4) is 0 Å². The molecule has 0 aliphatic carbocycles. The number of benzene rings is 1. The van der Waals surface area contributed by atoms with Gasteiger partial charge in [0.2, 0.25) is 0 Å². The monoisotopic (exact) mass is 311 g/mol. The van der Waals surface area contributed by atoms with E-state index in [9.17, 15) is 9.18 Å². The highest BCUT2D eigenvalue weighted by Crippen LogP contribution is 2.21. The molecule has 0 aromatic heterocycles. The number of amides is 1. The Morgan fingerprint density at radius 3 is 2.55 bits per heavy atom. The number of halogens is 1. The number of carbonyl (C=O) groups is 1. The van der Waals surface area contributed by atoms with Crippen LogP contribution in [0, 0.1) is 5.82 Å². The molecule has 22 heavy (non-hydrogen) atoms. The van der Waals surface area contributed by atoms with E-state index in [1.165, 1.54) is 12.1 Å². The molecule has 1 aromatic rings. The fourth-order valence-corrected chi connectivity index (χ4v) is 2.09. The Hall–Kier alpha value is -1.82. The molecule has 3 N–H and O–H groups in total. The van der Waals surface area contributed by atoms with Crippen molar-refractivity contribution in [3.8, 4) is 0 Å². The summed E-state index contributed by atoms with van der Waals surface area (Å²) in [6.45, 7) is 5.62. The molecule has 0 fully saturated rings. The van der Waals surface area contributed by atoms with Crippen LogP contribution in [0.25, 0.3) is 0 Å². The number of nitrogens with one attached hydrogen (secondary N) is 1. The first-order chi connectivity index (χ1) is 10.1. The molecular weight excluding hydrogens is 285 g/mol. The maximum absolute atomic E-state index is 13.5. The molecule has 0 heterocycles. The van der Waals surface area contributed by atoms with Gasteiger partial charge in [0.05, 0.1) is 0 Å². The summed E-state index contributed by atoms with van der Waals surface area (Å²) >= 11 is 0. The fourth-order valence-electron chi connectivity index (χ4n) is 2.09. The van der Waals surface area contributed by atoms with Crippen molar-refractivity contribution in [2.45, 2.75) is 38.8 Å². The van der Waals surface area contributed by atoms with E-state index in [0.717, 1.165) is 11.3 Å². The maximum Gasteiger partial charge on any atom is 0.407 e. The number of carbonyl (C=O) groups excluding carboxylic acids is 1. The molecule has 0 saturated carbocycles. The van der Waals surface area contributed by atoms with Gasteiger partial charge in [0.25, 0.3) is 0 Å². The highest BCUT2D eigenvalue weighted by molar-refractivity contribution is 5.68. The second kappa shape index (κ2) is 7.45. The van der Waals surface area contributed by atoms with Crippen molar-refractivity contribution in [1.82, 2.24) is 5.32 Å². The lowest BCUT2D eigenvalue weighted by molar-refractivity contribution is 0.0506. The van der Waals surface area contributed by atoms with Gasteiger partial charge in [-0.2, -0.15) is 0 Å². The van der Waals surface area contributed by atoms with Crippen molar-refractivity contribution >= 4 is 11.8 Å². The highest BCUT2D eigenvalue weighted by atomic mass is 19.1. The van der Waals surface area contributed by atoms with Gasteiger partial charge in [-0.1, -0.05) is 0 Å². The highest BCUT2D eigenvalue weighted by Gasteiger charge is 2.20. The first-order valence-corrected chi connectivity index (χ1v) is 7.27. The topological polar surface area (TPSA) is 67.6 Å². The number of nitrogens with zero attached hydrogens (tertiary/aromatic N) is 1. The predicted octanol–water partition coefficient (Wildman–Crippen LogP) is 2.29. The van der Waals surface area contributed by atoms with E-state index in [0.29, 0.717) is 6.42 Å². The molecule has 0 radical (unpaired) electrons. The second-order valence-corrected chi connectivity index (χ2v) is 6.45. The number of nitrogens with two attached hydrogens (primary N) is 1. The van der Waals surface area contributed by atoms with Crippen LogP contribution in [0.2, 0.25) is 0 Å². The Kier molecular flexibility index (Phi) is 6.17. The smallest absolute Gasteiger partial charge is 0.407 e. The van der Waals surface area contributed by atoms with Crippen LogP contribution in [0.4, 0.5) is 14.9 Å². The van der Waals surface area contributed by atoms with Gasteiger partial charge in [-0.15, -0.1) is 0 Å². The minimum Gasteiger partial charge on any atom is -0.444 e. The first kappa shape index (κ1) is 18.2. The lowest BCUT2D eigenvalue weighted by atomic mass is 10.0. The SMILES string of the molecule is CN(C)c1ccc(F)cc1CC(CN)NC(=O)OC(C)(C)C. The Bertz CT molecular complexity index is 513. The zero-order chi connectivity index (χ0) is 16.9. The second-order valence-electron chi connectivity index (χ2n) is 6.45. The van der Waals surface area contributed by atoms with E-state index in [-0.39, 0.29) is 18.4 Å². The number of rotatable bonds is 5. The van der Waals surface area contributed by atoms with Gasteiger partial charge < -0.3 is 20.7 Å². The van der Waals surface area contributed by atoms with Crippen molar-refractivity contribution < 1.29 is 13.9 Å². The first-order valence-electron chi connectivity index (χ1n) is 7.27. The largest absolute Gasteiger partial charge is 0.444 e. The number of hydrogen-bond acceptors (Lipinski definition) is 4. The van der Waals surface area contributed by atoms with Crippen LogP contribution in [-0.2, 0) is 11.2 Å². The van der Waals surface area contributed by atoms with Gasteiger partial charge in [-0.05, 0) is 51.0 Å². The summed E-state index contributed by atoms with van der Waals surface area (Å²) in [5.41, 5.74) is 6.83. The molecule has 1 amide bonds. The number of anilines is 1. The molecule has 1 atom stereocenters. The molecule has 0 aliphatic rings. The summed E-state index contributed by atoms with van der Waals surface area (Å²) in [6, 6.07) is 4.27. The molecule has 0 spiro atoms. The van der Waals surface area contributed by atoms with Gasteiger partial charge in [0.1, 0.15) is 11.4 Å². The summed E-state index contributed by atoms with van der Waals surface area (Å²) < 4.78 is 18.7. The minimum atomic E-state index is -0.573. The molecule has 124 valence electrons. The minimum absolute atomic E-state index is 0.239. The summed E-state index contributed by atoms with van der Waals surface area (Å²) in [6.07, 6.45) is -0.0909. The van der Waals surface area contributed by atoms with E-state index >= 15 is 0 Å². The molecule has 5 nitrogen and oxygen atoms in total. The molecule has 1 rings (SSSR count). The predicted molar refractivity (Wildman–Crippen MR) is 86.6 cm³/mol. The number of ether oxygens (including phenoxy) is 1.